The Hall–Kier alpha value is -0.240. The van der Waals surface area contributed by atoms with E-state index in [0.717, 1.165) is 34.6 Å². The van der Waals surface area contributed by atoms with E-state index in [2.05, 4.69) is 5.32 Å². The fraction of sp³-hybridized carbons (Fsp3) is 0.500. The molecule has 1 aliphatic carbocycles. The van der Waals surface area contributed by atoms with Crippen molar-refractivity contribution < 1.29 is 0 Å². The van der Waals surface area contributed by atoms with Crippen molar-refractivity contribution >= 4 is 23.2 Å². The summed E-state index contributed by atoms with van der Waals surface area (Å²) in [6.07, 6.45) is 4.12. The Morgan fingerprint density at radius 2 is 1.87 bits per heavy atom. The summed E-state index contributed by atoms with van der Waals surface area (Å²) in [6, 6.07) is 5.64. The van der Waals surface area contributed by atoms with E-state index in [1.165, 1.54) is 19.3 Å². The van der Waals surface area contributed by atoms with Crippen LogP contribution in [0.2, 0.25) is 10.0 Å². The Bertz CT molecular complexity index is 314. The monoisotopic (exact) mass is 243 g/mol. The highest BCUT2D eigenvalue weighted by Gasteiger charge is 2.16. The van der Waals surface area contributed by atoms with E-state index in [-0.39, 0.29) is 0 Å². The van der Waals surface area contributed by atoms with Gasteiger partial charge in [0.25, 0.3) is 0 Å². The van der Waals surface area contributed by atoms with E-state index in [1.807, 2.05) is 18.2 Å². The van der Waals surface area contributed by atoms with Gasteiger partial charge in [0.05, 0.1) is 0 Å². The van der Waals surface area contributed by atoms with Crippen LogP contribution in [0.25, 0.3) is 0 Å². The molecule has 1 aromatic rings. The summed E-state index contributed by atoms with van der Waals surface area (Å²) in [5, 5.41) is 4.92. The number of hydrogen-bond acceptors (Lipinski definition) is 1. The van der Waals surface area contributed by atoms with Gasteiger partial charge < -0.3 is 5.32 Å². The van der Waals surface area contributed by atoms with Crippen LogP contribution >= 0.6 is 23.2 Å². The molecule has 15 heavy (non-hydrogen) atoms. The fourth-order valence-electron chi connectivity index (χ4n) is 1.80. The summed E-state index contributed by atoms with van der Waals surface area (Å²) >= 11 is 12.1. The van der Waals surface area contributed by atoms with Gasteiger partial charge in [0.2, 0.25) is 0 Å². The SMILES string of the molecule is Clc1cccc(Cl)c1CNCC1CCC1. The van der Waals surface area contributed by atoms with E-state index in [0.29, 0.717) is 0 Å². The topological polar surface area (TPSA) is 12.0 Å². The Labute approximate surface area is 101 Å². The third-order valence-electron chi connectivity index (χ3n) is 3.02. The van der Waals surface area contributed by atoms with E-state index < -0.39 is 0 Å². The molecule has 0 spiro atoms. The smallest absolute Gasteiger partial charge is 0.0465 e. The number of nitrogens with one attached hydrogen (secondary N) is 1. The standard InChI is InChI=1S/C12H15Cl2N/c13-11-5-2-6-12(14)10(11)8-15-7-9-3-1-4-9/h2,5-6,9,15H,1,3-4,7-8H2. The van der Waals surface area contributed by atoms with Crippen LogP contribution in [0.3, 0.4) is 0 Å². The lowest BCUT2D eigenvalue weighted by atomic mass is 9.85. The summed E-state index contributed by atoms with van der Waals surface area (Å²) in [4.78, 5) is 0. The van der Waals surface area contributed by atoms with Crippen molar-refractivity contribution in [2.24, 2.45) is 5.92 Å². The van der Waals surface area contributed by atoms with Crippen molar-refractivity contribution in [2.45, 2.75) is 25.8 Å². The van der Waals surface area contributed by atoms with E-state index in [4.69, 9.17) is 23.2 Å². The molecule has 0 heterocycles. The highest BCUT2D eigenvalue weighted by atomic mass is 35.5. The first-order valence-corrected chi connectivity index (χ1v) is 6.16. The zero-order valence-electron chi connectivity index (χ0n) is 8.60. The molecule has 0 amide bonds. The minimum atomic E-state index is 0.753. The Kier molecular flexibility index (Phi) is 3.90. The second kappa shape index (κ2) is 5.20. The summed E-state index contributed by atoms with van der Waals surface area (Å²) in [5.41, 5.74) is 1.01. The normalized spacial score (nSPS) is 16.4. The van der Waals surface area contributed by atoms with Gasteiger partial charge in [-0.2, -0.15) is 0 Å². The minimum absolute atomic E-state index is 0.753. The molecule has 1 fully saturated rings. The third-order valence-corrected chi connectivity index (χ3v) is 3.73. The number of benzene rings is 1. The largest absolute Gasteiger partial charge is 0.312 e. The maximum Gasteiger partial charge on any atom is 0.0465 e. The average Bonchev–Trinajstić information content (AvgIpc) is 2.13. The highest BCUT2D eigenvalue weighted by molar-refractivity contribution is 6.35. The summed E-state index contributed by atoms with van der Waals surface area (Å²) in [5.74, 6) is 0.867. The first-order valence-electron chi connectivity index (χ1n) is 5.41. The highest BCUT2D eigenvalue weighted by Crippen LogP contribution is 2.26. The van der Waals surface area contributed by atoms with Crippen molar-refractivity contribution in [3.63, 3.8) is 0 Å². The van der Waals surface area contributed by atoms with E-state index >= 15 is 0 Å². The predicted molar refractivity (Wildman–Crippen MR) is 65.5 cm³/mol. The first-order chi connectivity index (χ1) is 7.27. The molecule has 1 N–H and O–H groups in total. The van der Waals surface area contributed by atoms with Crippen LogP contribution in [0.15, 0.2) is 18.2 Å². The summed E-state index contributed by atoms with van der Waals surface area (Å²) < 4.78 is 0. The Morgan fingerprint density at radius 1 is 1.20 bits per heavy atom. The van der Waals surface area contributed by atoms with Crippen LogP contribution in [0.1, 0.15) is 24.8 Å². The second-order valence-corrected chi connectivity index (χ2v) is 4.94. The molecule has 1 nitrogen and oxygen atoms in total. The molecule has 3 heteroatoms. The molecule has 82 valence electrons. The lowest BCUT2D eigenvalue weighted by molar-refractivity contribution is 0.301. The average molecular weight is 244 g/mol. The number of hydrogen-bond donors (Lipinski definition) is 1. The molecule has 0 aromatic heterocycles. The van der Waals surface area contributed by atoms with Gasteiger partial charge >= 0.3 is 0 Å². The first kappa shape index (κ1) is 11.3. The van der Waals surface area contributed by atoms with Crippen molar-refractivity contribution in [3.05, 3.63) is 33.8 Å². The minimum Gasteiger partial charge on any atom is -0.312 e. The van der Waals surface area contributed by atoms with Gasteiger partial charge in [0, 0.05) is 22.2 Å². The molecule has 1 aliphatic rings. The van der Waals surface area contributed by atoms with Gasteiger partial charge in [-0.1, -0.05) is 35.7 Å². The van der Waals surface area contributed by atoms with E-state index in [9.17, 15) is 0 Å². The molecular weight excluding hydrogens is 229 g/mol. The van der Waals surface area contributed by atoms with Crippen LogP contribution in [0.5, 0.6) is 0 Å². The summed E-state index contributed by atoms with van der Waals surface area (Å²) in [6.45, 7) is 1.86. The molecule has 0 aliphatic heterocycles. The van der Waals surface area contributed by atoms with Crippen molar-refractivity contribution in [3.8, 4) is 0 Å². The zero-order chi connectivity index (χ0) is 10.7. The van der Waals surface area contributed by atoms with Crippen LogP contribution < -0.4 is 5.32 Å². The zero-order valence-corrected chi connectivity index (χ0v) is 10.1. The van der Waals surface area contributed by atoms with Gasteiger partial charge in [-0.3, -0.25) is 0 Å². The maximum atomic E-state index is 6.07. The molecule has 0 atom stereocenters. The van der Waals surface area contributed by atoms with Crippen LogP contribution in [0.4, 0.5) is 0 Å². The Balaban J connectivity index is 1.86. The van der Waals surface area contributed by atoms with Gasteiger partial charge in [0.15, 0.2) is 0 Å². The van der Waals surface area contributed by atoms with Crippen molar-refractivity contribution in [1.82, 2.24) is 5.32 Å². The molecule has 0 bridgehead atoms. The molecule has 0 saturated heterocycles. The molecule has 0 unspecified atom stereocenters. The second-order valence-electron chi connectivity index (χ2n) is 4.13. The lowest BCUT2D eigenvalue weighted by Gasteiger charge is -2.25. The number of halogens is 2. The Morgan fingerprint density at radius 3 is 2.40 bits per heavy atom. The van der Waals surface area contributed by atoms with Crippen molar-refractivity contribution in [2.75, 3.05) is 6.54 Å². The van der Waals surface area contributed by atoms with Crippen LogP contribution in [0, 0.1) is 5.92 Å². The van der Waals surface area contributed by atoms with Crippen LogP contribution in [-0.4, -0.2) is 6.54 Å². The van der Waals surface area contributed by atoms with E-state index in [1.54, 1.807) is 0 Å². The molecule has 2 rings (SSSR count). The number of rotatable bonds is 4. The molecule has 0 radical (unpaired) electrons. The third kappa shape index (κ3) is 2.87. The molecule has 1 saturated carbocycles. The summed E-state index contributed by atoms with van der Waals surface area (Å²) in [7, 11) is 0. The molecular formula is C12H15Cl2N. The van der Waals surface area contributed by atoms with Gasteiger partial charge in [-0.05, 0) is 37.4 Å². The maximum absolute atomic E-state index is 6.07. The van der Waals surface area contributed by atoms with Crippen molar-refractivity contribution in [1.29, 1.82) is 0 Å². The lowest BCUT2D eigenvalue weighted by Crippen LogP contribution is -2.27. The predicted octanol–water partition coefficient (Wildman–Crippen LogP) is 3.88. The quantitative estimate of drug-likeness (QED) is 0.847. The van der Waals surface area contributed by atoms with Gasteiger partial charge in [-0.15, -0.1) is 0 Å². The van der Waals surface area contributed by atoms with Gasteiger partial charge in [-0.25, -0.2) is 0 Å². The van der Waals surface area contributed by atoms with Crippen LogP contribution in [-0.2, 0) is 6.54 Å². The fourth-order valence-corrected chi connectivity index (χ4v) is 2.33. The van der Waals surface area contributed by atoms with Gasteiger partial charge in [0.1, 0.15) is 0 Å². The molecule has 1 aromatic carbocycles.